The van der Waals surface area contributed by atoms with Crippen LogP contribution in [0.1, 0.15) is 42.2 Å². The minimum absolute atomic E-state index is 0.0659. The van der Waals surface area contributed by atoms with E-state index >= 15 is 0 Å². The van der Waals surface area contributed by atoms with Crippen LogP contribution in [0.3, 0.4) is 0 Å². The van der Waals surface area contributed by atoms with Gasteiger partial charge in [-0.15, -0.1) is 0 Å². The predicted octanol–water partition coefficient (Wildman–Crippen LogP) is 3.44. The van der Waals surface area contributed by atoms with E-state index in [4.69, 9.17) is 14.2 Å². The molecule has 0 radical (unpaired) electrons. The molecule has 0 amide bonds. The molecule has 1 aromatic carbocycles. The van der Waals surface area contributed by atoms with Crippen LogP contribution >= 0.6 is 0 Å². The fraction of sp³-hybridized carbons (Fsp3) is 0.526. The van der Waals surface area contributed by atoms with Crippen LogP contribution in [-0.2, 0) is 27.7 Å². The van der Waals surface area contributed by atoms with E-state index in [1.807, 2.05) is 36.7 Å². The van der Waals surface area contributed by atoms with Crippen molar-refractivity contribution in [3.05, 3.63) is 35.5 Å². The third-order valence-corrected chi connectivity index (χ3v) is 4.47. The highest BCUT2D eigenvalue weighted by atomic mass is 16.7. The summed E-state index contributed by atoms with van der Waals surface area (Å²) in [6, 6.07) is 8.04. The van der Waals surface area contributed by atoms with Crippen LogP contribution in [0.4, 0.5) is 0 Å². The van der Waals surface area contributed by atoms with Gasteiger partial charge in [0.15, 0.2) is 6.29 Å². The molecule has 0 saturated carbocycles. The van der Waals surface area contributed by atoms with Crippen molar-refractivity contribution >= 4 is 16.9 Å². The average Bonchev–Trinajstić information content (AvgIpc) is 2.94. The molecule has 0 bridgehead atoms. The molecular formula is C19H25NO4. The third-order valence-electron chi connectivity index (χ3n) is 4.47. The maximum absolute atomic E-state index is 12.1. The summed E-state index contributed by atoms with van der Waals surface area (Å²) in [5, 5.41) is 1.08. The lowest BCUT2D eigenvalue weighted by molar-refractivity contribution is -0.161. The number of ether oxygens (including phenoxy) is 3. The molecule has 1 fully saturated rings. The first kappa shape index (κ1) is 17.0. The monoisotopic (exact) mass is 331 g/mol. The molecule has 1 aromatic heterocycles. The molecule has 3 rings (SSSR count). The Morgan fingerprint density at radius 1 is 1.38 bits per heavy atom. The highest BCUT2D eigenvalue weighted by Gasteiger charge is 2.17. The normalized spacial score (nSPS) is 18.0. The summed E-state index contributed by atoms with van der Waals surface area (Å²) in [5.74, 6) is -0.283. The van der Waals surface area contributed by atoms with Gasteiger partial charge in [-0.25, -0.2) is 4.79 Å². The molecular weight excluding hydrogens is 306 g/mol. The van der Waals surface area contributed by atoms with Gasteiger partial charge < -0.3 is 18.8 Å². The number of benzene rings is 1. The standard InChI is InChI=1S/C19H25NO4/c1-3-22-19(21)17-13-15-14(7-6-8-16(15)20(17)2)10-12-24-18-9-4-5-11-23-18/h6-8,13,18H,3-5,9-12H2,1-2H3. The average molecular weight is 331 g/mol. The minimum Gasteiger partial charge on any atom is -0.461 e. The van der Waals surface area contributed by atoms with E-state index in [0.717, 1.165) is 36.8 Å². The lowest BCUT2D eigenvalue weighted by Gasteiger charge is -2.22. The summed E-state index contributed by atoms with van der Waals surface area (Å²) in [4.78, 5) is 12.1. The van der Waals surface area contributed by atoms with Crippen LogP contribution in [0.5, 0.6) is 0 Å². The number of hydrogen-bond donors (Lipinski definition) is 0. The number of nitrogens with zero attached hydrogens (tertiary/aromatic N) is 1. The molecule has 1 saturated heterocycles. The van der Waals surface area contributed by atoms with Crippen molar-refractivity contribution in [1.82, 2.24) is 4.57 Å². The predicted molar refractivity (Wildman–Crippen MR) is 92.1 cm³/mol. The Labute approximate surface area is 142 Å². The van der Waals surface area contributed by atoms with E-state index in [1.165, 1.54) is 12.0 Å². The summed E-state index contributed by atoms with van der Waals surface area (Å²) in [5.41, 5.74) is 2.79. The number of hydrogen-bond acceptors (Lipinski definition) is 4. The van der Waals surface area contributed by atoms with Gasteiger partial charge in [-0.2, -0.15) is 0 Å². The third kappa shape index (κ3) is 3.62. The van der Waals surface area contributed by atoms with Crippen molar-refractivity contribution in [1.29, 1.82) is 0 Å². The lowest BCUT2D eigenvalue weighted by atomic mass is 10.1. The van der Waals surface area contributed by atoms with Crippen LogP contribution in [0, 0.1) is 0 Å². The Hall–Kier alpha value is -1.85. The molecule has 0 aliphatic carbocycles. The smallest absolute Gasteiger partial charge is 0.354 e. The molecule has 1 aliphatic rings. The molecule has 1 unspecified atom stereocenters. The zero-order valence-corrected chi connectivity index (χ0v) is 14.4. The lowest BCUT2D eigenvalue weighted by Crippen LogP contribution is -2.23. The summed E-state index contributed by atoms with van der Waals surface area (Å²) in [7, 11) is 1.89. The van der Waals surface area contributed by atoms with Crippen molar-refractivity contribution in [2.45, 2.75) is 38.9 Å². The summed E-state index contributed by atoms with van der Waals surface area (Å²) in [6.07, 6.45) is 4.00. The Morgan fingerprint density at radius 3 is 3.00 bits per heavy atom. The highest BCUT2D eigenvalue weighted by Crippen LogP contribution is 2.24. The first-order valence-electron chi connectivity index (χ1n) is 8.68. The van der Waals surface area contributed by atoms with Crippen molar-refractivity contribution in [3.8, 4) is 0 Å². The maximum atomic E-state index is 12.1. The van der Waals surface area contributed by atoms with Gasteiger partial charge in [0.1, 0.15) is 5.69 Å². The summed E-state index contributed by atoms with van der Waals surface area (Å²) >= 11 is 0. The Balaban J connectivity index is 1.73. The number of carbonyl (C=O) groups excluding carboxylic acids is 1. The molecule has 130 valence electrons. The van der Waals surface area contributed by atoms with Crippen LogP contribution in [-0.4, -0.2) is 36.6 Å². The van der Waals surface area contributed by atoms with Crippen LogP contribution in [0.15, 0.2) is 24.3 Å². The van der Waals surface area contributed by atoms with Gasteiger partial charge in [-0.1, -0.05) is 12.1 Å². The Bertz CT molecular complexity index is 701. The van der Waals surface area contributed by atoms with Crippen LogP contribution in [0.25, 0.3) is 10.9 Å². The summed E-state index contributed by atoms with van der Waals surface area (Å²) < 4.78 is 18.5. The van der Waals surface area contributed by atoms with Crippen molar-refractivity contribution in [3.63, 3.8) is 0 Å². The minimum atomic E-state index is -0.283. The topological polar surface area (TPSA) is 49.7 Å². The molecule has 5 nitrogen and oxygen atoms in total. The molecule has 5 heteroatoms. The van der Waals surface area contributed by atoms with Crippen LogP contribution in [0.2, 0.25) is 0 Å². The SMILES string of the molecule is CCOC(=O)c1cc2c(CCOC3CCCCO3)cccc2n1C. The van der Waals surface area contributed by atoms with E-state index in [-0.39, 0.29) is 12.3 Å². The van der Waals surface area contributed by atoms with Crippen molar-refractivity contribution < 1.29 is 19.0 Å². The molecule has 1 atom stereocenters. The molecule has 0 N–H and O–H groups in total. The maximum Gasteiger partial charge on any atom is 0.354 e. The molecule has 2 aromatic rings. The van der Waals surface area contributed by atoms with Crippen LogP contribution < -0.4 is 0 Å². The number of aromatic nitrogens is 1. The largest absolute Gasteiger partial charge is 0.461 e. The van der Waals surface area contributed by atoms with Gasteiger partial charge in [-0.3, -0.25) is 0 Å². The first-order chi connectivity index (χ1) is 11.7. The van der Waals surface area contributed by atoms with Gasteiger partial charge in [0.25, 0.3) is 0 Å². The highest BCUT2D eigenvalue weighted by molar-refractivity contribution is 5.96. The zero-order chi connectivity index (χ0) is 16.9. The van der Waals surface area contributed by atoms with Gasteiger partial charge in [0.2, 0.25) is 0 Å². The Morgan fingerprint density at radius 2 is 2.25 bits per heavy atom. The zero-order valence-electron chi connectivity index (χ0n) is 14.4. The fourth-order valence-electron chi connectivity index (χ4n) is 3.18. The number of aryl methyl sites for hydroxylation is 1. The van der Waals surface area contributed by atoms with E-state index in [9.17, 15) is 4.79 Å². The van der Waals surface area contributed by atoms with E-state index in [2.05, 4.69) is 6.07 Å². The van der Waals surface area contributed by atoms with E-state index < -0.39 is 0 Å². The van der Waals surface area contributed by atoms with Gasteiger partial charge >= 0.3 is 5.97 Å². The van der Waals surface area contributed by atoms with Gasteiger partial charge in [0.05, 0.1) is 13.2 Å². The second-order valence-corrected chi connectivity index (χ2v) is 6.08. The number of carbonyl (C=O) groups is 1. The van der Waals surface area contributed by atoms with Crippen molar-refractivity contribution in [2.75, 3.05) is 19.8 Å². The quantitative estimate of drug-likeness (QED) is 0.761. The molecule has 1 aliphatic heterocycles. The van der Waals surface area contributed by atoms with E-state index in [0.29, 0.717) is 18.9 Å². The van der Waals surface area contributed by atoms with Gasteiger partial charge in [0, 0.05) is 24.6 Å². The number of rotatable bonds is 6. The second-order valence-electron chi connectivity index (χ2n) is 6.08. The second kappa shape index (κ2) is 7.81. The molecule has 24 heavy (non-hydrogen) atoms. The Kier molecular flexibility index (Phi) is 5.53. The van der Waals surface area contributed by atoms with E-state index in [1.54, 1.807) is 0 Å². The first-order valence-corrected chi connectivity index (χ1v) is 8.68. The molecule has 0 spiro atoms. The number of fused-ring (bicyclic) bond motifs is 1. The summed E-state index contributed by atoms with van der Waals surface area (Å²) in [6.45, 7) is 3.61. The van der Waals surface area contributed by atoms with Crippen molar-refractivity contribution in [2.24, 2.45) is 7.05 Å². The number of esters is 1. The molecule has 2 heterocycles. The van der Waals surface area contributed by atoms with Gasteiger partial charge in [-0.05, 0) is 50.3 Å². The fourth-order valence-corrected chi connectivity index (χ4v) is 3.18.